The lowest BCUT2D eigenvalue weighted by Gasteiger charge is -2.56. The molecule has 0 aromatic heterocycles. The van der Waals surface area contributed by atoms with Gasteiger partial charge in [0.05, 0.1) is 0 Å². The Morgan fingerprint density at radius 2 is 1.78 bits per heavy atom. The molecule has 0 bridgehead atoms. The van der Waals surface area contributed by atoms with Crippen LogP contribution in [0.2, 0.25) is 0 Å². The van der Waals surface area contributed by atoms with E-state index in [2.05, 4.69) is 20.4 Å². The maximum Gasteiger partial charge on any atom is 0.333 e. The fourth-order valence-corrected chi connectivity index (χ4v) is 4.67. The molecule has 150 valence electrons. The zero-order valence-corrected chi connectivity index (χ0v) is 17.3. The molecule has 2 fully saturated rings. The van der Waals surface area contributed by atoms with E-state index in [1.165, 1.54) is 6.92 Å². The molecule has 27 heavy (non-hydrogen) atoms. The van der Waals surface area contributed by atoms with Crippen LogP contribution in [0.25, 0.3) is 0 Å². The van der Waals surface area contributed by atoms with Crippen molar-refractivity contribution in [1.82, 2.24) is 0 Å². The topological polar surface area (TPSA) is 69.7 Å². The third-order valence-corrected chi connectivity index (χ3v) is 6.66. The molecular formula is C22H32O5. The van der Waals surface area contributed by atoms with Gasteiger partial charge in [-0.05, 0) is 38.5 Å². The maximum absolute atomic E-state index is 12.6. The van der Waals surface area contributed by atoms with Gasteiger partial charge in [-0.25, -0.2) is 4.79 Å². The molecule has 6 atom stereocenters. The Balaban J connectivity index is 2.52. The van der Waals surface area contributed by atoms with Crippen molar-refractivity contribution in [2.45, 2.75) is 73.0 Å². The van der Waals surface area contributed by atoms with E-state index in [0.717, 1.165) is 12.0 Å². The first-order valence-corrected chi connectivity index (χ1v) is 9.69. The fraction of sp³-hybridized carbons (Fsp3) is 0.682. The Labute approximate surface area is 162 Å². The van der Waals surface area contributed by atoms with Crippen LogP contribution in [-0.4, -0.2) is 29.9 Å². The minimum atomic E-state index is -0.663. The molecule has 2 aliphatic rings. The number of hydrogen-bond donors (Lipinski definition) is 0. The minimum absolute atomic E-state index is 0.116. The van der Waals surface area contributed by atoms with Crippen molar-refractivity contribution in [2.24, 2.45) is 23.2 Å². The predicted molar refractivity (Wildman–Crippen MR) is 103 cm³/mol. The molecule has 2 aliphatic carbocycles. The number of fused-ring (bicyclic) bond motifs is 1. The number of esters is 2. The van der Waals surface area contributed by atoms with Gasteiger partial charge in [0.15, 0.2) is 0 Å². The first-order chi connectivity index (χ1) is 12.5. The molecule has 0 radical (unpaired) electrons. The molecule has 0 heterocycles. The van der Waals surface area contributed by atoms with Crippen LogP contribution >= 0.6 is 0 Å². The molecule has 0 amide bonds. The molecule has 0 spiro atoms. The maximum atomic E-state index is 12.6. The van der Waals surface area contributed by atoms with Crippen molar-refractivity contribution in [2.75, 3.05) is 0 Å². The van der Waals surface area contributed by atoms with E-state index in [0.29, 0.717) is 18.4 Å². The highest BCUT2D eigenvalue weighted by Crippen LogP contribution is 2.56. The molecule has 0 unspecified atom stereocenters. The molecule has 2 rings (SSSR count). The smallest absolute Gasteiger partial charge is 0.333 e. The Bertz CT molecular complexity index is 676. The van der Waals surface area contributed by atoms with Gasteiger partial charge in [0.25, 0.3) is 0 Å². The van der Waals surface area contributed by atoms with Gasteiger partial charge in [-0.1, -0.05) is 32.1 Å². The Morgan fingerprint density at radius 3 is 2.30 bits per heavy atom. The van der Waals surface area contributed by atoms with Crippen molar-refractivity contribution in [3.8, 4) is 0 Å². The normalized spacial score (nSPS) is 36.6. The van der Waals surface area contributed by atoms with Gasteiger partial charge < -0.3 is 9.47 Å². The van der Waals surface area contributed by atoms with E-state index < -0.39 is 24.1 Å². The Kier molecular flexibility index (Phi) is 6.33. The van der Waals surface area contributed by atoms with Gasteiger partial charge in [0.2, 0.25) is 0 Å². The van der Waals surface area contributed by atoms with Crippen LogP contribution in [0.4, 0.5) is 0 Å². The van der Waals surface area contributed by atoms with Crippen molar-refractivity contribution < 1.29 is 23.9 Å². The van der Waals surface area contributed by atoms with Crippen molar-refractivity contribution >= 4 is 17.7 Å². The highest BCUT2D eigenvalue weighted by atomic mass is 16.6. The van der Waals surface area contributed by atoms with Gasteiger partial charge >= 0.3 is 11.9 Å². The second-order valence-corrected chi connectivity index (χ2v) is 8.53. The fourth-order valence-electron chi connectivity index (χ4n) is 4.67. The Morgan fingerprint density at radius 1 is 1.15 bits per heavy atom. The van der Waals surface area contributed by atoms with Gasteiger partial charge in [0.1, 0.15) is 18.0 Å². The van der Waals surface area contributed by atoms with Gasteiger partial charge in [-0.2, -0.15) is 0 Å². The van der Waals surface area contributed by atoms with E-state index in [4.69, 9.17) is 9.47 Å². The first-order valence-electron chi connectivity index (χ1n) is 9.69. The second kappa shape index (κ2) is 7.99. The van der Waals surface area contributed by atoms with Gasteiger partial charge in [-0.3, -0.25) is 9.59 Å². The molecule has 0 N–H and O–H groups in total. The lowest BCUT2D eigenvalue weighted by atomic mass is 9.51. The summed E-state index contributed by atoms with van der Waals surface area (Å²) in [6.45, 7) is 15.1. The van der Waals surface area contributed by atoms with Gasteiger partial charge in [0, 0.05) is 37.2 Å². The van der Waals surface area contributed by atoms with E-state index >= 15 is 0 Å². The largest absolute Gasteiger partial charge is 0.458 e. The summed E-state index contributed by atoms with van der Waals surface area (Å²) in [5.41, 5.74) is 1.20. The van der Waals surface area contributed by atoms with Crippen LogP contribution in [-0.2, 0) is 23.9 Å². The SMILES string of the molecule is C=C(C)[C@H]1C[C@@]2(C)[C@H](CC(=O)C[C@@H]2C)[C@H](OC(=O)/C(C)=C/C)[C@@H]1OC(C)=O. The van der Waals surface area contributed by atoms with Crippen LogP contribution in [0.5, 0.6) is 0 Å². The summed E-state index contributed by atoms with van der Waals surface area (Å²) in [5.74, 6) is -0.822. The zero-order valence-electron chi connectivity index (χ0n) is 17.3. The number of rotatable bonds is 4. The van der Waals surface area contributed by atoms with Crippen LogP contribution in [0.3, 0.4) is 0 Å². The van der Waals surface area contributed by atoms with E-state index in [-0.39, 0.29) is 29.0 Å². The summed E-state index contributed by atoms with van der Waals surface area (Å²) in [5, 5.41) is 0. The molecule has 0 aromatic carbocycles. The number of ketones is 1. The molecule has 0 saturated heterocycles. The standard InChI is InChI=1S/C22H32O5/c1-8-13(4)21(25)27-20-18-10-16(24)9-14(5)22(18,7)11-17(12(2)3)19(20)26-15(6)23/h8,14,17-20H,2,9-11H2,1,3-7H3/b13-8+/t14-,17+,18+,19+,20-,22+/m0/s1. The lowest BCUT2D eigenvalue weighted by Crippen LogP contribution is -2.59. The monoisotopic (exact) mass is 376 g/mol. The highest BCUT2D eigenvalue weighted by Gasteiger charge is 2.58. The summed E-state index contributed by atoms with van der Waals surface area (Å²) in [6, 6.07) is 0. The molecule has 2 saturated carbocycles. The van der Waals surface area contributed by atoms with E-state index in [1.54, 1.807) is 19.9 Å². The third kappa shape index (κ3) is 4.17. The van der Waals surface area contributed by atoms with Crippen molar-refractivity contribution in [3.05, 3.63) is 23.8 Å². The number of ether oxygens (including phenoxy) is 2. The molecule has 5 nitrogen and oxygen atoms in total. The zero-order chi connectivity index (χ0) is 20.5. The first kappa shape index (κ1) is 21.4. The number of carbonyl (C=O) groups excluding carboxylic acids is 3. The highest BCUT2D eigenvalue weighted by molar-refractivity contribution is 5.88. The average molecular weight is 376 g/mol. The number of hydrogen-bond acceptors (Lipinski definition) is 5. The summed E-state index contributed by atoms with van der Waals surface area (Å²) in [7, 11) is 0. The van der Waals surface area contributed by atoms with Crippen LogP contribution in [0.1, 0.15) is 60.8 Å². The van der Waals surface area contributed by atoms with Crippen LogP contribution < -0.4 is 0 Å². The minimum Gasteiger partial charge on any atom is -0.458 e. The average Bonchev–Trinajstić information content (AvgIpc) is 2.57. The quantitative estimate of drug-likeness (QED) is 0.421. The molecule has 0 aromatic rings. The Hall–Kier alpha value is -1.91. The number of Topliss-reactive ketones (excluding diaryl/α,β-unsaturated/α-hetero) is 1. The summed E-state index contributed by atoms with van der Waals surface area (Å²) in [4.78, 5) is 36.7. The van der Waals surface area contributed by atoms with Crippen LogP contribution in [0.15, 0.2) is 23.8 Å². The number of carbonyl (C=O) groups is 3. The van der Waals surface area contributed by atoms with Crippen molar-refractivity contribution in [1.29, 1.82) is 0 Å². The summed E-state index contributed by atoms with van der Waals surface area (Å²) >= 11 is 0. The second-order valence-electron chi connectivity index (χ2n) is 8.53. The molecular weight excluding hydrogens is 344 g/mol. The summed E-state index contributed by atoms with van der Waals surface area (Å²) in [6.07, 6.45) is 2.04. The molecule has 0 aliphatic heterocycles. The summed E-state index contributed by atoms with van der Waals surface area (Å²) < 4.78 is 11.5. The van der Waals surface area contributed by atoms with Crippen LogP contribution in [0, 0.1) is 23.2 Å². The van der Waals surface area contributed by atoms with E-state index in [1.807, 2.05) is 6.92 Å². The number of allylic oxidation sites excluding steroid dienone is 1. The lowest BCUT2D eigenvalue weighted by molar-refractivity contribution is -0.199. The third-order valence-electron chi connectivity index (χ3n) is 6.66. The predicted octanol–water partition coefficient (Wildman–Crippen LogP) is 4.01. The van der Waals surface area contributed by atoms with Crippen molar-refractivity contribution in [3.63, 3.8) is 0 Å². The van der Waals surface area contributed by atoms with E-state index in [9.17, 15) is 14.4 Å². The molecule has 5 heteroatoms. The van der Waals surface area contributed by atoms with Gasteiger partial charge in [-0.15, -0.1) is 0 Å².